The number of nitrogens with zero attached hydrogens (tertiary/aromatic N) is 1. The molecule has 3 rings (SSSR count). The summed E-state index contributed by atoms with van der Waals surface area (Å²) < 4.78 is 0. The first-order valence-electron chi connectivity index (χ1n) is 10.2. The predicted molar refractivity (Wildman–Crippen MR) is 105 cm³/mol. The van der Waals surface area contributed by atoms with Crippen LogP contribution in [0.4, 0.5) is 0 Å². The van der Waals surface area contributed by atoms with E-state index in [9.17, 15) is 0 Å². The van der Waals surface area contributed by atoms with Crippen LogP contribution in [0.25, 0.3) is 0 Å². The normalized spacial score (nSPS) is 31.3. The van der Waals surface area contributed by atoms with Crippen molar-refractivity contribution < 1.29 is 0 Å². The van der Waals surface area contributed by atoms with Crippen molar-refractivity contribution in [1.82, 2.24) is 4.90 Å². The third kappa shape index (κ3) is 3.11. The van der Waals surface area contributed by atoms with Gasteiger partial charge in [-0.1, -0.05) is 51.8 Å². The first kappa shape index (κ1) is 17.8. The van der Waals surface area contributed by atoms with Crippen LogP contribution in [0, 0.1) is 11.3 Å². The average Bonchev–Trinajstić information content (AvgIpc) is 2.84. The van der Waals surface area contributed by atoms with E-state index in [0.29, 0.717) is 5.41 Å². The zero-order valence-corrected chi connectivity index (χ0v) is 16.5. The van der Waals surface area contributed by atoms with Crippen molar-refractivity contribution in [2.45, 2.75) is 91.0 Å². The van der Waals surface area contributed by atoms with E-state index < -0.39 is 0 Å². The quantitative estimate of drug-likeness (QED) is 0.560. The zero-order chi connectivity index (χ0) is 17.4. The zero-order valence-electron chi connectivity index (χ0n) is 16.5. The summed E-state index contributed by atoms with van der Waals surface area (Å²) in [7, 11) is 0. The topological polar surface area (TPSA) is 3.24 Å². The number of hydrogen-bond donors (Lipinski definition) is 0. The lowest BCUT2D eigenvalue weighted by Gasteiger charge is -2.39. The largest absolute Gasteiger partial charge is 0.365 e. The van der Waals surface area contributed by atoms with E-state index in [1.807, 2.05) is 0 Å². The van der Waals surface area contributed by atoms with Crippen molar-refractivity contribution in [1.29, 1.82) is 0 Å². The summed E-state index contributed by atoms with van der Waals surface area (Å²) in [6.45, 7) is 15.2. The van der Waals surface area contributed by atoms with Gasteiger partial charge in [0.15, 0.2) is 0 Å². The molecule has 2 fully saturated rings. The molecule has 1 heteroatoms. The molecule has 0 aromatic rings. The van der Waals surface area contributed by atoms with Gasteiger partial charge < -0.3 is 4.90 Å². The molecule has 1 atom stereocenters. The summed E-state index contributed by atoms with van der Waals surface area (Å²) in [5.74, 6) is 0.918. The van der Waals surface area contributed by atoms with E-state index in [2.05, 4.69) is 51.3 Å². The highest BCUT2D eigenvalue weighted by molar-refractivity contribution is 5.45. The van der Waals surface area contributed by atoms with Gasteiger partial charge >= 0.3 is 0 Å². The molecule has 1 nitrogen and oxygen atoms in total. The lowest BCUT2D eigenvalue weighted by molar-refractivity contribution is 0.146. The Morgan fingerprint density at radius 2 is 1.92 bits per heavy atom. The van der Waals surface area contributed by atoms with Crippen LogP contribution in [0.15, 0.2) is 35.6 Å². The lowest BCUT2D eigenvalue weighted by atomic mass is 9.67. The Hall–Kier alpha value is -0.980. The molecule has 1 aliphatic heterocycles. The Morgan fingerprint density at radius 1 is 1.21 bits per heavy atom. The van der Waals surface area contributed by atoms with E-state index in [1.165, 1.54) is 75.6 Å². The molecule has 1 unspecified atom stereocenters. The highest BCUT2D eigenvalue weighted by atomic mass is 15.2. The molecule has 0 spiro atoms. The van der Waals surface area contributed by atoms with Crippen LogP contribution in [0.3, 0.4) is 0 Å². The van der Waals surface area contributed by atoms with Crippen LogP contribution in [-0.2, 0) is 0 Å². The van der Waals surface area contributed by atoms with Gasteiger partial charge in [0.1, 0.15) is 0 Å². The highest BCUT2D eigenvalue weighted by Gasteiger charge is 2.50. The molecule has 3 aliphatic rings. The van der Waals surface area contributed by atoms with Gasteiger partial charge in [-0.25, -0.2) is 0 Å². The second-order valence-corrected chi connectivity index (χ2v) is 9.27. The Bertz CT molecular complexity index is 544. The molecule has 24 heavy (non-hydrogen) atoms. The summed E-state index contributed by atoms with van der Waals surface area (Å²) in [6.07, 6.45) is 16.7. The third-order valence-corrected chi connectivity index (χ3v) is 7.01. The molecular weight excluding hydrogens is 290 g/mol. The van der Waals surface area contributed by atoms with E-state index >= 15 is 0 Å². The number of hydrogen-bond acceptors (Lipinski definition) is 1. The highest BCUT2D eigenvalue weighted by Crippen LogP contribution is 2.53. The first-order valence-corrected chi connectivity index (χ1v) is 10.2. The molecule has 1 heterocycles. The van der Waals surface area contributed by atoms with Gasteiger partial charge in [-0.15, -0.1) is 0 Å². The van der Waals surface area contributed by atoms with Gasteiger partial charge in [0.25, 0.3) is 0 Å². The Labute approximate surface area is 149 Å². The number of rotatable bonds is 4. The van der Waals surface area contributed by atoms with Crippen molar-refractivity contribution in [2.24, 2.45) is 11.3 Å². The van der Waals surface area contributed by atoms with Crippen molar-refractivity contribution in [2.75, 3.05) is 6.54 Å². The second-order valence-electron chi connectivity index (χ2n) is 9.27. The maximum Gasteiger partial charge on any atom is 0.0432 e. The van der Waals surface area contributed by atoms with Crippen molar-refractivity contribution >= 4 is 0 Å². The molecule has 0 bridgehead atoms. The van der Waals surface area contributed by atoms with Crippen LogP contribution in [0.1, 0.15) is 85.5 Å². The van der Waals surface area contributed by atoms with Crippen molar-refractivity contribution in [3.05, 3.63) is 35.6 Å². The lowest BCUT2D eigenvalue weighted by Crippen LogP contribution is -2.39. The minimum Gasteiger partial charge on any atom is -0.365 e. The molecule has 1 saturated carbocycles. The third-order valence-electron chi connectivity index (χ3n) is 7.01. The Balaban J connectivity index is 1.93. The number of allylic oxidation sites excluding steroid dienone is 3. The van der Waals surface area contributed by atoms with Crippen LogP contribution in [0.5, 0.6) is 0 Å². The molecule has 0 radical (unpaired) electrons. The Kier molecular flexibility index (Phi) is 5.00. The summed E-state index contributed by atoms with van der Waals surface area (Å²) in [5.41, 5.74) is 5.29. The van der Waals surface area contributed by atoms with Crippen LogP contribution >= 0.6 is 0 Å². The van der Waals surface area contributed by atoms with Gasteiger partial charge in [-0.05, 0) is 74.9 Å². The SMILES string of the molecule is C=CC1=CCCC(CC)=C1N1CC(C)(C2CCCCC2)CC1(C)C. The van der Waals surface area contributed by atoms with E-state index in [4.69, 9.17) is 0 Å². The molecular formula is C23H37N. The molecule has 2 aliphatic carbocycles. The molecule has 134 valence electrons. The standard InChI is InChI=1S/C23H37N/c1-6-18-12-11-13-19(7-2)21(18)24-17-23(5,16-22(24,3)4)20-14-9-8-10-15-20/h6,12,20H,1,7-11,13-17H2,2-5H3. The predicted octanol–water partition coefficient (Wildman–Crippen LogP) is 6.63. The Morgan fingerprint density at radius 3 is 2.54 bits per heavy atom. The maximum absolute atomic E-state index is 4.12. The molecule has 0 N–H and O–H groups in total. The average molecular weight is 328 g/mol. The van der Waals surface area contributed by atoms with E-state index in [0.717, 1.165) is 5.92 Å². The molecule has 0 aromatic carbocycles. The van der Waals surface area contributed by atoms with Crippen molar-refractivity contribution in [3.8, 4) is 0 Å². The first-order chi connectivity index (χ1) is 11.4. The minimum atomic E-state index is 0.251. The summed E-state index contributed by atoms with van der Waals surface area (Å²) in [5, 5.41) is 0. The second kappa shape index (κ2) is 6.73. The maximum atomic E-state index is 4.12. The van der Waals surface area contributed by atoms with E-state index in [-0.39, 0.29) is 5.54 Å². The van der Waals surface area contributed by atoms with Gasteiger partial charge in [0.05, 0.1) is 0 Å². The van der Waals surface area contributed by atoms with Crippen LogP contribution in [0.2, 0.25) is 0 Å². The van der Waals surface area contributed by atoms with Crippen LogP contribution in [-0.4, -0.2) is 17.0 Å². The fourth-order valence-electron chi connectivity index (χ4n) is 5.86. The molecule has 0 aromatic heterocycles. The van der Waals surface area contributed by atoms with E-state index in [1.54, 1.807) is 5.57 Å². The van der Waals surface area contributed by atoms with Gasteiger partial charge in [0, 0.05) is 17.8 Å². The molecule has 0 amide bonds. The van der Waals surface area contributed by atoms with Gasteiger partial charge in [-0.3, -0.25) is 0 Å². The summed E-state index contributed by atoms with van der Waals surface area (Å²) in [6, 6.07) is 0. The monoisotopic (exact) mass is 327 g/mol. The van der Waals surface area contributed by atoms with Crippen LogP contribution < -0.4 is 0 Å². The minimum absolute atomic E-state index is 0.251. The van der Waals surface area contributed by atoms with Gasteiger partial charge in [-0.2, -0.15) is 0 Å². The molecule has 1 saturated heterocycles. The smallest absolute Gasteiger partial charge is 0.0432 e. The fraction of sp³-hybridized carbons (Fsp3) is 0.739. The van der Waals surface area contributed by atoms with Gasteiger partial charge in [0.2, 0.25) is 0 Å². The fourth-order valence-corrected chi connectivity index (χ4v) is 5.86. The summed E-state index contributed by atoms with van der Waals surface area (Å²) >= 11 is 0. The van der Waals surface area contributed by atoms with Crippen molar-refractivity contribution in [3.63, 3.8) is 0 Å². The summed E-state index contributed by atoms with van der Waals surface area (Å²) in [4.78, 5) is 2.77. The number of likely N-dealkylation sites (tertiary alicyclic amines) is 1.